The van der Waals surface area contributed by atoms with Crippen molar-refractivity contribution in [2.45, 2.75) is 39.2 Å². The molecule has 1 rings (SSSR count). The van der Waals surface area contributed by atoms with Crippen LogP contribution in [0.4, 0.5) is 0 Å². The minimum atomic E-state index is 0.505. The van der Waals surface area contributed by atoms with E-state index in [1.807, 2.05) is 7.05 Å². The fourth-order valence-electron chi connectivity index (χ4n) is 1.81. The van der Waals surface area contributed by atoms with E-state index in [0.29, 0.717) is 6.04 Å². The van der Waals surface area contributed by atoms with Gasteiger partial charge >= 0.3 is 0 Å². The molecule has 0 spiro atoms. The highest BCUT2D eigenvalue weighted by atomic mass is 14.9. The number of hydrogen-bond acceptors (Lipinski definition) is 1. The monoisotopic (exact) mass is 191 g/mol. The number of nitrogens with one attached hydrogen (secondary N) is 1. The van der Waals surface area contributed by atoms with Crippen LogP contribution >= 0.6 is 0 Å². The Morgan fingerprint density at radius 3 is 2.21 bits per heavy atom. The summed E-state index contributed by atoms with van der Waals surface area (Å²) in [5.74, 6) is 0. The molecule has 1 aromatic carbocycles. The van der Waals surface area contributed by atoms with Crippen molar-refractivity contribution >= 4 is 0 Å². The number of benzene rings is 1. The zero-order valence-electron chi connectivity index (χ0n) is 9.51. The molecule has 14 heavy (non-hydrogen) atoms. The first-order valence-corrected chi connectivity index (χ1v) is 5.57. The lowest BCUT2D eigenvalue weighted by Crippen LogP contribution is -2.14. The van der Waals surface area contributed by atoms with Gasteiger partial charge in [0, 0.05) is 6.04 Å². The Morgan fingerprint density at radius 2 is 1.79 bits per heavy atom. The molecule has 0 aliphatic carbocycles. The molecule has 0 amide bonds. The van der Waals surface area contributed by atoms with Crippen LogP contribution in [-0.2, 0) is 6.42 Å². The normalized spacial score (nSPS) is 12.8. The maximum Gasteiger partial charge on any atom is 0.0314 e. The lowest BCUT2D eigenvalue weighted by Gasteiger charge is -2.14. The van der Waals surface area contributed by atoms with Crippen LogP contribution in [0.25, 0.3) is 0 Å². The van der Waals surface area contributed by atoms with Gasteiger partial charge in [0.2, 0.25) is 0 Å². The van der Waals surface area contributed by atoms with Gasteiger partial charge in [-0.3, -0.25) is 0 Å². The molecule has 1 aromatic rings. The van der Waals surface area contributed by atoms with E-state index in [-0.39, 0.29) is 0 Å². The lowest BCUT2D eigenvalue weighted by atomic mass is 10.0. The first kappa shape index (κ1) is 11.3. The Kier molecular flexibility index (Phi) is 4.68. The second-order valence-electron chi connectivity index (χ2n) is 3.74. The van der Waals surface area contributed by atoms with Crippen LogP contribution in [0.3, 0.4) is 0 Å². The van der Waals surface area contributed by atoms with Gasteiger partial charge in [0.1, 0.15) is 0 Å². The van der Waals surface area contributed by atoms with Crippen LogP contribution in [0, 0.1) is 0 Å². The van der Waals surface area contributed by atoms with Crippen molar-refractivity contribution in [1.29, 1.82) is 0 Å². The highest BCUT2D eigenvalue weighted by molar-refractivity contribution is 5.25. The van der Waals surface area contributed by atoms with Gasteiger partial charge in [0.15, 0.2) is 0 Å². The van der Waals surface area contributed by atoms with Gasteiger partial charge in [-0.15, -0.1) is 0 Å². The summed E-state index contributed by atoms with van der Waals surface area (Å²) < 4.78 is 0. The van der Waals surface area contributed by atoms with Crippen LogP contribution in [0.2, 0.25) is 0 Å². The van der Waals surface area contributed by atoms with Gasteiger partial charge in [0.25, 0.3) is 0 Å². The second-order valence-corrected chi connectivity index (χ2v) is 3.74. The molecule has 1 atom stereocenters. The number of rotatable bonds is 5. The highest BCUT2D eigenvalue weighted by Crippen LogP contribution is 2.16. The molecule has 78 valence electrons. The van der Waals surface area contributed by atoms with E-state index < -0.39 is 0 Å². The Morgan fingerprint density at radius 1 is 1.14 bits per heavy atom. The highest BCUT2D eigenvalue weighted by Gasteiger charge is 2.04. The van der Waals surface area contributed by atoms with Crippen LogP contribution in [0.5, 0.6) is 0 Å². The molecular formula is C13H21N. The number of aryl methyl sites for hydroxylation is 1. The van der Waals surface area contributed by atoms with Gasteiger partial charge in [-0.1, -0.05) is 44.5 Å². The largest absolute Gasteiger partial charge is 0.313 e. The quantitative estimate of drug-likeness (QED) is 0.753. The summed E-state index contributed by atoms with van der Waals surface area (Å²) in [5.41, 5.74) is 2.84. The Bertz CT molecular complexity index is 246. The second kappa shape index (κ2) is 5.82. The predicted molar refractivity (Wildman–Crippen MR) is 62.5 cm³/mol. The average molecular weight is 191 g/mol. The van der Waals surface area contributed by atoms with Crippen molar-refractivity contribution in [3.63, 3.8) is 0 Å². The summed E-state index contributed by atoms with van der Waals surface area (Å²) in [5, 5.41) is 3.32. The minimum absolute atomic E-state index is 0.505. The molecule has 1 heteroatoms. The molecule has 0 aliphatic rings. The Balaban J connectivity index is 2.71. The minimum Gasteiger partial charge on any atom is -0.313 e. The first-order valence-electron chi connectivity index (χ1n) is 5.57. The predicted octanol–water partition coefficient (Wildman–Crippen LogP) is 3.31. The summed E-state index contributed by atoms with van der Waals surface area (Å²) in [6.45, 7) is 4.43. The standard InChI is InChI=1S/C13H21N/c1-4-6-11-7-9-12(10-8-11)13(5-2)14-3/h7-10,13-14H,4-6H2,1-3H3. The van der Waals surface area contributed by atoms with E-state index in [4.69, 9.17) is 0 Å². The average Bonchev–Trinajstić information content (AvgIpc) is 2.23. The molecule has 1 N–H and O–H groups in total. The number of hydrogen-bond donors (Lipinski definition) is 1. The van der Waals surface area contributed by atoms with Crippen molar-refractivity contribution in [3.8, 4) is 0 Å². The summed E-state index contributed by atoms with van der Waals surface area (Å²) in [6.07, 6.45) is 3.56. The van der Waals surface area contributed by atoms with E-state index in [1.54, 1.807) is 0 Å². The molecule has 0 aliphatic heterocycles. The fourth-order valence-corrected chi connectivity index (χ4v) is 1.81. The van der Waals surface area contributed by atoms with Crippen molar-refractivity contribution in [3.05, 3.63) is 35.4 Å². The molecule has 0 saturated carbocycles. The first-order chi connectivity index (χ1) is 6.81. The van der Waals surface area contributed by atoms with E-state index in [2.05, 4.69) is 43.4 Å². The van der Waals surface area contributed by atoms with Gasteiger partial charge in [0.05, 0.1) is 0 Å². The molecule has 1 unspecified atom stereocenters. The maximum absolute atomic E-state index is 3.32. The van der Waals surface area contributed by atoms with Crippen LogP contribution in [-0.4, -0.2) is 7.05 Å². The maximum atomic E-state index is 3.32. The van der Waals surface area contributed by atoms with Crippen LogP contribution in [0.15, 0.2) is 24.3 Å². The summed E-state index contributed by atoms with van der Waals surface area (Å²) in [4.78, 5) is 0. The third-order valence-electron chi connectivity index (χ3n) is 2.68. The van der Waals surface area contributed by atoms with Gasteiger partial charge in [-0.2, -0.15) is 0 Å². The van der Waals surface area contributed by atoms with E-state index in [0.717, 1.165) is 6.42 Å². The van der Waals surface area contributed by atoms with E-state index in [1.165, 1.54) is 24.0 Å². The molecule has 0 radical (unpaired) electrons. The molecule has 0 bridgehead atoms. The van der Waals surface area contributed by atoms with Crippen LogP contribution < -0.4 is 5.32 Å². The van der Waals surface area contributed by atoms with Gasteiger partial charge in [-0.25, -0.2) is 0 Å². The summed E-state index contributed by atoms with van der Waals surface area (Å²) in [7, 11) is 2.02. The smallest absolute Gasteiger partial charge is 0.0314 e. The van der Waals surface area contributed by atoms with E-state index >= 15 is 0 Å². The Labute approximate surface area is 87.5 Å². The third-order valence-corrected chi connectivity index (χ3v) is 2.68. The zero-order valence-corrected chi connectivity index (χ0v) is 9.51. The molecule has 1 nitrogen and oxygen atoms in total. The third kappa shape index (κ3) is 2.85. The topological polar surface area (TPSA) is 12.0 Å². The summed E-state index contributed by atoms with van der Waals surface area (Å²) in [6, 6.07) is 9.49. The van der Waals surface area contributed by atoms with Crippen molar-refractivity contribution in [2.24, 2.45) is 0 Å². The van der Waals surface area contributed by atoms with E-state index in [9.17, 15) is 0 Å². The summed E-state index contributed by atoms with van der Waals surface area (Å²) >= 11 is 0. The molecule has 0 saturated heterocycles. The molecule has 0 fully saturated rings. The van der Waals surface area contributed by atoms with Crippen LogP contribution in [0.1, 0.15) is 43.9 Å². The van der Waals surface area contributed by atoms with Gasteiger partial charge in [-0.05, 0) is 31.0 Å². The molecular weight excluding hydrogens is 170 g/mol. The van der Waals surface area contributed by atoms with Gasteiger partial charge < -0.3 is 5.32 Å². The Hall–Kier alpha value is -0.820. The fraction of sp³-hybridized carbons (Fsp3) is 0.538. The van der Waals surface area contributed by atoms with Crippen molar-refractivity contribution in [2.75, 3.05) is 7.05 Å². The molecule has 0 aromatic heterocycles. The van der Waals surface area contributed by atoms with Crippen molar-refractivity contribution < 1.29 is 0 Å². The van der Waals surface area contributed by atoms with Crippen molar-refractivity contribution in [1.82, 2.24) is 5.32 Å². The SMILES string of the molecule is CCCc1ccc(C(CC)NC)cc1. The molecule has 0 heterocycles. The zero-order chi connectivity index (χ0) is 10.4. The lowest BCUT2D eigenvalue weighted by molar-refractivity contribution is 0.576.